The van der Waals surface area contributed by atoms with E-state index in [1.54, 1.807) is 0 Å². The Labute approximate surface area is 264 Å². The molecule has 0 spiro atoms. The zero-order valence-corrected chi connectivity index (χ0v) is 25.4. The Kier molecular flexibility index (Phi) is 5.63. The Bertz CT molecular complexity index is 2350. The van der Waals surface area contributed by atoms with Crippen molar-refractivity contribution in [3.05, 3.63) is 184 Å². The number of halogens is 1. The van der Waals surface area contributed by atoms with Crippen molar-refractivity contribution in [3.63, 3.8) is 0 Å². The molecule has 7 aromatic carbocycles. The third kappa shape index (κ3) is 3.49. The zero-order chi connectivity index (χ0) is 29.3. The lowest BCUT2D eigenvalue weighted by atomic mass is 9.67. The maximum Gasteiger partial charge on any atom is 0.0794 e. The predicted molar refractivity (Wildman–Crippen MR) is 187 cm³/mol. The number of rotatable bonds is 3. The number of hydrogen-bond donors (Lipinski definition) is 0. The number of aromatic nitrogens is 1. The highest BCUT2D eigenvalue weighted by Crippen LogP contribution is 2.57. The summed E-state index contributed by atoms with van der Waals surface area (Å²) in [6.07, 6.45) is 0. The van der Waals surface area contributed by atoms with Crippen molar-refractivity contribution in [1.82, 2.24) is 4.98 Å². The van der Waals surface area contributed by atoms with Crippen LogP contribution in [-0.2, 0) is 5.41 Å². The van der Waals surface area contributed by atoms with Crippen molar-refractivity contribution < 1.29 is 0 Å². The number of benzene rings is 7. The Morgan fingerprint density at radius 3 is 1.77 bits per heavy atom. The van der Waals surface area contributed by atoms with Crippen molar-refractivity contribution in [1.29, 1.82) is 0 Å². The van der Waals surface area contributed by atoms with Crippen LogP contribution in [-0.4, -0.2) is 4.98 Å². The van der Waals surface area contributed by atoms with Crippen LogP contribution in [0.5, 0.6) is 0 Å². The average molecular weight is 625 g/mol. The molecule has 1 aromatic heterocycles. The number of hydrogen-bond acceptors (Lipinski definition) is 1. The molecule has 0 N–H and O–H groups in total. The fourth-order valence-corrected chi connectivity index (χ4v) is 8.04. The second-order valence-electron chi connectivity index (χ2n) is 11.6. The molecule has 0 atom stereocenters. The molecule has 0 saturated heterocycles. The molecular weight excluding hydrogens is 598 g/mol. The second kappa shape index (κ2) is 9.74. The molecule has 0 unspecified atom stereocenters. The summed E-state index contributed by atoms with van der Waals surface area (Å²) in [5, 5.41) is 5.94. The van der Waals surface area contributed by atoms with Crippen LogP contribution in [0.4, 0.5) is 0 Å². The smallest absolute Gasteiger partial charge is 0.0794 e. The van der Waals surface area contributed by atoms with Gasteiger partial charge in [0, 0.05) is 20.8 Å². The molecule has 0 bridgehead atoms. The van der Waals surface area contributed by atoms with Crippen molar-refractivity contribution >= 4 is 48.4 Å². The van der Waals surface area contributed by atoms with Crippen LogP contribution in [0.25, 0.3) is 54.8 Å². The summed E-state index contributed by atoms with van der Waals surface area (Å²) in [6, 6.07) is 57.4. The van der Waals surface area contributed by atoms with E-state index >= 15 is 0 Å². The molecule has 0 radical (unpaired) electrons. The molecule has 0 fully saturated rings. The Hall–Kier alpha value is -5.05. The minimum Gasteiger partial charge on any atom is -0.247 e. The highest BCUT2D eigenvalue weighted by atomic mass is 79.9. The summed E-state index contributed by atoms with van der Waals surface area (Å²) < 4.78 is 1.09. The van der Waals surface area contributed by atoms with E-state index in [0.29, 0.717) is 0 Å². The average Bonchev–Trinajstić information content (AvgIpc) is 3.38. The van der Waals surface area contributed by atoms with Gasteiger partial charge in [0.2, 0.25) is 0 Å². The quantitative estimate of drug-likeness (QED) is 0.178. The van der Waals surface area contributed by atoms with Gasteiger partial charge in [-0.1, -0.05) is 149 Å². The molecule has 8 aromatic rings. The Morgan fingerprint density at radius 1 is 0.409 bits per heavy atom. The van der Waals surface area contributed by atoms with E-state index < -0.39 is 5.41 Å². The zero-order valence-electron chi connectivity index (χ0n) is 23.8. The van der Waals surface area contributed by atoms with Gasteiger partial charge >= 0.3 is 0 Å². The van der Waals surface area contributed by atoms with Gasteiger partial charge in [0.25, 0.3) is 0 Å². The van der Waals surface area contributed by atoms with E-state index in [1.807, 2.05) is 0 Å². The molecule has 206 valence electrons. The number of pyridine rings is 1. The summed E-state index contributed by atoms with van der Waals surface area (Å²) in [5.41, 5.74) is 10.4. The lowest BCUT2D eigenvalue weighted by Gasteiger charge is -2.34. The van der Waals surface area contributed by atoms with Gasteiger partial charge < -0.3 is 0 Å². The molecule has 2 heteroatoms. The van der Waals surface area contributed by atoms with Crippen molar-refractivity contribution in [3.8, 4) is 22.4 Å². The van der Waals surface area contributed by atoms with Crippen LogP contribution >= 0.6 is 15.9 Å². The first-order valence-electron chi connectivity index (χ1n) is 15.0. The third-order valence-corrected chi connectivity index (χ3v) is 10.1. The van der Waals surface area contributed by atoms with Crippen LogP contribution in [0.1, 0.15) is 22.3 Å². The van der Waals surface area contributed by atoms with Crippen LogP contribution < -0.4 is 0 Å². The molecule has 1 aliphatic rings. The van der Waals surface area contributed by atoms with E-state index in [1.165, 1.54) is 60.3 Å². The number of fused-ring (bicyclic) bond motifs is 7. The molecule has 0 amide bonds. The first-order valence-corrected chi connectivity index (χ1v) is 15.8. The minimum atomic E-state index is -0.447. The molecule has 1 aliphatic carbocycles. The second-order valence-corrected chi connectivity index (χ2v) is 12.4. The fourth-order valence-electron chi connectivity index (χ4n) is 7.56. The maximum absolute atomic E-state index is 5.37. The van der Waals surface area contributed by atoms with E-state index in [0.717, 1.165) is 21.2 Å². The summed E-state index contributed by atoms with van der Waals surface area (Å²) in [4.78, 5) is 5.37. The van der Waals surface area contributed by atoms with Crippen molar-refractivity contribution in [2.75, 3.05) is 0 Å². The molecule has 9 rings (SSSR count). The van der Waals surface area contributed by atoms with Crippen LogP contribution in [0, 0.1) is 0 Å². The first-order chi connectivity index (χ1) is 21.7. The minimum absolute atomic E-state index is 0.447. The molecule has 1 heterocycles. The van der Waals surface area contributed by atoms with E-state index in [2.05, 4.69) is 174 Å². The van der Waals surface area contributed by atoms with Gasteiger partial charge in [-0.25, -0.2) is 4.98 Å². The van der Waals surface area contributed by atoms with Crippen LogP contribution in [0.3, 0.4) is 0 Å². The van der Waals surface area contributed by atoms with Gasteiger partial charge in [-0.05, 0) is 73.8 Å². The van der Waals surface area contributed by atoms with Gasteiger partial charge in [-0.2, -0.15) is 0 Å². The van der Waals surface area contributed by atoms with Gasteiger partial charge in [0.15, 0.2) is 0 Å². The summed E-state index contributed by atoms with van der Waals surface area (Å²) in [5.74, 6) is 0. The summed E-state index contributed by atoms with van der Waals surface area (Å²) in [6.45, 7) is 0. The fraction of sp³-hybridized carbons (Fsp3) is 0.0238. The number of para-hydroxylation sites is 1. The van der Waals surface area contributed by atoms with Crippen LogP contribution in [0.2, 0.25) is 0 Å². The van der Waals surface area contributed by atoms with Gasteiger partial charge in [0.1, 0.15) is 0 Å². The Balaban J connectivity index is 1.47. The van der Waals surface area contributed by atoms with Gasteiger partial charge in [-0.3, -0.25) is 0 Å². The largest absolute Gasteiger partial charge is 0.247 e. The third-order valence-electron chi connectivity index (χ3n) is 9.40. The van der Waals surface area contributed by atoms with Gasteiger partial charge in [-0.15, -0.1) is 0 Å². The normalized spacial score (nSPS) is 13.3. The highest BCUT2D eigenvalue weighted by Gasteiger charge is 2.46. The highest BCUT2D eigenvalue weighted by molar-refractivity contribution is 9.10. The van der Waals surface area contributed by atoms with E-state index in [9.17, 15) is 0 Å². The maximum atomic E-state index is 5.37. The van der Waals surface area contributed by atoms with Gasteiger partial charge in [0.05, 0.1) is 16.6 Å². The molecule has 44 heavy (non-hydrogen) atoms. The standard InChI is InChI=1S/C42H26BrN/c43-39-24-23-33(29-17-7-8-19-31(29)39)41-36-25-35-30-18-9-11-21-37(30)42(27-13-3-1-4-14-27,28-15-5-2-6-16-28)38(35)26-34(36)32-20-10-12-22-40(32)44-41/h1-26H. The van der Waals surface area contributed by atoms with E-state index in [4.69, 9.17) is 4.98 Å². The lowest BCUT2D eigenvalue weighted by Crippen LogP contribution is -2.28. The monoisotopic (exact) mass is 623 g/mol. The molecule has 0 aliphatic heterocycles. The lowest BCUT2D eigenvalue weighted by molar-refractivity contribution is 0.769. The predicted octanol–water partition coefficient (Wildman–Crippen LogP) is 11.3. The first kappa shape index (κ1) is 25.4. The number of nitrogens with zero attached hydrogens (tertiary/aromatic N) is 1. The summed E-state index contributed by atoms with van der Waals surface area (Å²) >= 11 is 3.79. The Morgan fingerprint density at radius 2 is 1.02 bits per heavy atom. The van der Waals surface area contributed by atoms with Crippen LogP contribution in [0.15, 0.2) is 162 Å². The SMILES string of the molecule is Brc1ccc(-c2nc3ccccc3c3cc4c(cc23)-c2ccccc2C4(c2ccccc2)c2ccccc2)c2ccccc12. The van der Waals surface area contributed by atoms with Crippen molar-refractivity contribution in [2.24, 2.45) is 0 Å². The molecular formula is C42H26BrN. The summed E-state index contributed by atoms with van der Waals surface area (Å²) in [7, 11) is 0. The van der Waals surface area contributed by atoms with Crippen molar-refractivity contribution in [2.45, 2.75) is 5.41 Å². The molecule has 1 nitrogen and oxygen atoms in total. The topological polar surface area (TPSA) is 12.9 Å². The molecule has 0 saturated carbocycles. The van der Waals surface area contributed by atoms with E-state index in [-0.39, 0.29) is 0 Å².